The van der Waals surface area contributed by atoms with Crippen molar-refractivity contribution < 1.29 is 24.3 Å². The highest BCUT2D eigenvalue weighted by Gasteiger charge is 2.29. The number of aliphatic hydroxyl groups excluding tert-OH is 1. The summed E-state index contributed by atoms with van der Waals surface area (Å²) >= 11 is 0. The molecule has 2 heterocycles. The highest BCUT2D eigenvalue weighted by Crippen LogP contribution is 2.31. The lowest BCUT2D eigenvalue weighted by atomic mass is 9.92. The fraction of sp³-hybridized carbons (Fsp3) is 0.700. The Balaban J connectivity index is 1.67. The topological polar surface area (TPSA) is 131 Å². The van der Waals surface area contributed by atoms with Crippen molar-refractivity contribution in [3.8, 4) is 0 Å². The predicted octanol–water partition coefficient (Wildman–Crippen LogP) is 1.23. The molecule has 0 spiro atoms. The Morgan fingerprint density at radius 2 is 2.06 bits per heavy atom. The van der Waals surface area contributed by atoms with Gasteiger partial charge in [0.2, 0.25) is 18.1 Å². The number of hydrazine groups is 1. The van der Waals surface area contributed by atoms with Crippen molar-refractivity contribution in [2.75, 3.05) is 36.6 Å². The van der Waals surface area contributed by atoms with Gasteiger partial charge in [-0.25, -0.2) is 15.0 Å². The molecule has 11 heteroatoms. The summed E-state index contributed by atoms with van der Waals surface area (Å²) in [5.41, 5.74) is 5.03. The van der Waals surface area contributed by atoms with E-state index < -0.39 is 17.6 Å². The Bertz CT molecular complexity index is 776. The second-order valence-electron chi connectivity index (χ2n) is 8.47. The molecule has 2 aliphatic rings. The molecule has 172 valence electrons. The standard InChI is InChI=1S/C20H31FN6O4/c1-13-22-18(17(21)19(23-13)26-7-6-15(9-26)11-28)24-25-20(30)16(10-27(31)12-29)8-14-4-2-3-5-14/h12,14-16,28,31H,2-11H2,1H3,(H,25,30)(H,22,23,24)/t15-,16+/m1/s1. The van der Waals surface area contributed by atoms with Crippen molar-refractivity contribution in [3.63, 3.8) is 0 Å². The maximum Gasteiger partial charge on any atom is 0.243 e. The van der Waals surface area contributed by atoms with E-state index in [-0.39, 0.29) is 37.1 Å². The molecule has 2 atom stereocenters. The molecule has 0 aromatic carbocycles. The Kier molecular flexibility index (Phi) is 7.97. The van der Waals surface area contributed by atoms with Crippen LogP contribution in [0.1, 0.15) is 44.3 Å². The summed E-state index contributed by atoms with van der Waals surface area (Å²) in [4.78, 5) is 33.6. The van der Waals surface area contributed by atoms with E-state index in [1.54, 1.807) is 11.8 Å². The molecule has 4 N–H and O–H groups in total. The molecule has 0 unspecified atom stereocenters. The SMILES string of the molecule is Cc1nc(NNC(=O)[C@@H](CC2CCCC2)CN(O)C=O)c(F)c(N2CC[C@@H](CO)C2)n1. The van der Waals surface area contributed by atoms with Crippen LogP contribution in [0.25, 0.3) is 0 Å². The van der Waals surface area contributed by atoms with Gasteiger partial charge in [0.05, 0.1) is 12.5 Å². The number of rotatable bonds is 10. The number of amides is 2. The highest BCUT2D eigenvalue weighted by molar-refractivity contribution is 5.80. The molecule has 2 fully saturated rings. The highest BCUT2D eigenvalue weighted by atomic mass is 19.1. The molecular weight excluding hydrogens is 407 g/mol. The third-order valence-electron chi connectivity index (χ3n) is 6.09. The molecule has 1 saturated heterocycles. The summed E-state index contributed by atoms with van der Waals surface area (Å²) in [6.45, 7) is 2.60. The van der Waals surface area contributed by atoms with Gasteiger partial charge in [-0.1, -0.05) is 25.7 Å². The summed E-state index contributed by atoms with van der Waals surface area (Å²) < 4.78 is 15.0. The number of aliphatic hydroxyl groups is 1. The minimum Gasteiger partial charge on any atom is -0.396 e. The zero-order chi connectivity index (χ0) is 22.4. The number of nitrogens with zero attached hydrogens (tertiary/aromatic N) is 4. The molecule has 3 rings (SSSR count). The minimum atomic E-state index is -0.687. The zero-order valence-corrected chi connectivity index (χ0v) is 17.8. The lowest BCUT2D eigenvalue weighted by Gasteiger charge is -2.23. The van der Waals surface area contributed by atoms with E-state index >= 15 is 4.39 Å². The van der Waals surface area contributed by atoms with Crippen molar-refractivity contribution in [2.24, 2.45) is 17.8 Å². The lowest BCUT2D eigenvalue weighted by molar-refractivity contribution is -0.154. The molecule has 1 aromatic heterocycles. The number of nitrogens with one attached hydrogen (secondary N) is 2. The number of hydrogen-bond donors (Lipinski definition) is 4. The summed E-state index contributed by atoms with van der Waals surface area (Å²) in [6, 6.07) is 0. The molecule has 0 bridgehead atoms. The summed E-state index contributed by atoms with van der Waals surface area (Å²) in [6.07, 6.45) is 5.78. The minimum absolute atomic E-state index is 0.0361. The first-order chi connectivity index (χ1) is 14.9. The van der Waals surface area contributed by atoms with Crippen LogP contribution in [-0.2, 0) is 9.59 Å². The van der Waals surface area contributed by atoms with E-state index in [1.165, 1.54) is 0 Å². The van der Waals surface area contributed by atoms with Crippen LogP contribution in [0.15, 0.2) is 0 Å². The van der Waals surface area contributed by atoms with Gasteiger partial charge in [0.1, 0.15) is 5.82 Å². The molecule has 31 heavy (non-hydrogen) atoms. The van der Waals surface area contributed by atoms with E-state index in [9.17, 15) is 19.9 Å². The second kappa shape index (κ2) is 10.7. The van der Waals surface area contributed by atoms with Crippen molar-refractivity contribution in [1.82, 2.24) is 20.5 Å². The average molecular weight is 439 g/mol. The maximum absolute atomic E-state index is 15.0. The normalized spacial score (nSPS) is 20.0. The van der Waals surface area contributed by atoms with Crippen molar-refractivity contribution in [3.05, 3.63) is 11.6 Å². The van der Waals surface area contributed by atoms with Crippen LogP contribution in [0.4, 0.5) is 16.0 Å². The molecule has 2 amide bonds. The van der Waals surface area contributed by atoms with Crippen LogP contribution in [0.3, 0.4) is 0 Å². The first-order valence-corrected chi connectivity index (χ1v) is 10.8. The number of carbonyl (C=O) groups excluding carboxylic acids is 2. The van der Waals surface area contributed by atoms with Gasteiger partial charge in [-0.3, -0.25) is 25.6 Å². The van der Waals surface area contributed by atoms with Crippen LogP contribution in [-0.4, -0.2) is 63.9 Å². The van der Waals surface area contributed by atoms with Crippen molar-refractivity contribution in [1.29, 1.82) is 0 Å². The van der Waals surface area contributed by atoms with E-state index in [1.807, 2.05) is 0 Å². The summed E-state index contributed by atoms with van der Waals surface area (Å²) in [5.74, 6) is -1.04. The molecule has 1 aliphatic heterocycles. The van der Waals surface area contributed by atoms with Gasteiger partial charge in [-0.05, 0) is 25.7 Å². The van der Waals surface area contributed by atoms with Gasteiger partial charge in [0.25, 0.3) is 0 Å². The fourth-order valence-electron chi connectivity index (χ4n) is 4.42. The van der Waals surface area contributed by atoms with E-state index in [0.29, 0.717) is 36.3 Å². The van der Waals surface area contributed by atoms with Crippen LogP contribution in [0.2, 0.25) is 0 Å². The van der Waals surface area contributed by atoms with Gasteiger partial charge in [-0.2, -0.15) is 4.39 Å². The Hall–Kier alpha value is -2.53. The van der Waals surface area contributed by atoms with E-state index in [2.05, 4.69) is 20.8 Å². The zero-order valence-electron chi connectivity index (χ0n) is 17.8. The maximum atomic E-state index is 15.0. The molecule has 1 aliphatic carbocycles. The number of hydroxylamine groups is 2. The van der Waals surface area contributed by atoms with Gasteiger partial charge >= 0.3 is 0 Å². The fourth-order valence-corrected chi connectivity index (χ4v) is 4.42. The monoisotopic (exact) mass is 438 g/mol. The summed E-state index contributed by atoms with van der Waals surface area (Å²) in [7, 11) is 0. The molecule has 10 nitrogen and oxygen atoms in total. The van der Waals surface area contributed by atoms with Gasteiger partial charge in [0, 0.05) is 25.6 Å². The number of aromatic nitrogens is 2. The number of carbonyl (C=O) groups is 2. The third-order valence-corrected chi connectivity index (χ3v) is 6.09. The predicted molar refractivity (Wildman–Crippen MR) is 111 cm³/mol. The van der Waals surface area contributed by atoms with Gasteiger partial charge in [0.15, 0.2) is 11.6 Å². The number of hydrogen-bond acceptors (Lipinski definition) is 8. The molecule has 1 aromatic rings. The Morgan fingerprint density at radius 3 is 2.71 bits per heavy atom. The lowest BCUT2D eigenvalue weighted by Crippen LogP contribution is -2.41. The third kappa shape index (κ3) is 6.01. The largest absolute Gasteiger partial charge is 0.396 e. The van der Waals surface area contributed by atoms with Gasteiger partial charge < -0.3 is 10.0 Å². The first-order valence-electron chi connectivity index (χ1n) is 10.8. The average Bonchev–Trinajstić information content (AvgIpc) is 3.45. The smallest absolute Gasteiger partial charge is 0.243 e. The van der Waals surface area contributed by atoms with Crippen molar-refractivity contribution >= 4 is 24.0 Å². The molecular formula is C20H31FN6O4. The van der Waals surface area contributed by atoms with Crippen LogP contribution >= 0.6 is 0 Å². The first kappa shape index (κ1) is 23.1. The van der Waals surface area contributed by atoms with Crippen LogP contribution < -0.4 is 15.8 Å². The molecule has 0 radical (unpaired) electrons. The van der Waals surface area contributed by atoms with Crippen LogP contribution in [0, 0.1) is 30.5 Å². The van der Waals surface area contributed by atoms with E-state index in [4.69, 9.17) is 0 Å². The summed E-state index contributed by atoms with van der Waals surface area (Å²) in [5, 5.41) is 19.4. The number of halogens is 1. The Labute approximate surface area is 180 Å². The Morgan fingerprint density at radius 1 is 1.32 bits per heavy atom. The number of anilines is 2. The van der Waals surface area contributed by atoms with Gasteiger partial charge in [-0.15, -0.1) is 0 Å². The second-order valence-corrected chi connectivity index (χ2v) is 8.47. The van der Waals surface area contributed by atoms with Crippen LogP contribution in [0.5, 0.6) is 0 Å². The number of aryl methyl sites for hydroxylation is 1. The van der Waals surface area contributed by atoms with Crippen molar-refractivity contribution in [2.45, 2.75) is 45.4 Å². The molecule has 1 saturated carbocycles. The quantitative estimate of drug-likeness (QED) is 0.244. The van der Waals surface area contributed by atoms with E-state index in [0.717, 1.165) is 32.1 Å².